The molecule has 0 spiro atoms. The highest BCUT2D eigenvalue weighted by molar-refractivity contribution is 7.07. The first-order chi connectivity index (χ1) is 8.27. The minimum atomic E-state index is -0.287. The van der Waals surface area contributed by atoms with Gasteiger partial charge in [-0.3, -0.25) is 4.68 Å². The van der Waals surface area contributed by atoms with Gasteiger partial charge in [0, 0.05) is 11.9 Å². The number of rotatable bonds is 5. The summed E-state index contributed by atoms with van der Waals surface area (Å²) in [5.41, 5.74) is 9.74. The van der Waals surface area contributed by atoms with E-state index in [-0.39, 0.29) is 6.04 Å². The van der Waals surface area contributed by atoms with Crippen molar-refractivity contribution in [3.05, 3.63) is 28.5 Å². The lowest BCUT2D eigenvalue weighted by atomic mass is 10.1. The van der Waals surface area contributed by atoms with Gasteiger partial charge in [-0.1, -0.05) is 6.92 Å². The Morgan fingerprint density at radius 3 is 3.00 bits per heavy atom. The molecule has 2 rings (SSSR count). The van der Waals surface area contributed by atoms with E-state index in [0.29, 0.717) is 0 Å². The van der Waals surface area contributed by atoms with Crippen LogP contribution < -0.4 is 10.5 Å². The van der Waals surface area contributed by atoms with Gasteiger partial charge in [0.1, 0.15) is 5.69 Å². The zero-order chi connectivity index (χ0) is 12.3. The molecule has 2 heterocycles. The summed E-state index contributed by atoms with van der Waals surface area (Å²) in [7, 11) is 1.63. The van der Waals surface area contributed by atoms with E-state index in [0.717, 1.165) is 30.1 Å². The molecule has 17 heavy (non-hydrogen) atoms. The first-order valence-corrected chi connectivity index (χ1v) is 6.45. The molecule has 0 saturated carbocycles. The summed E-state index contributed by atoms with van der Waals surface area (Å²) >= 11 is 1.54. The molecule has 0 amide bonds. The van der Waals surface area contributed by atoms with E-state index in [1.54, 1.807) is 18.8 Å². The summed E-state index contributed by atoms with van der Waals surface area (Å²) < 4.78 is 7.20. The number of nitrogens with zero attached hydrogens (tertiary/aromatic N) is 3. The van der Waals surface area contributed by atoms with Crippen LogP contribution in [0.25, 0.3) is 0 Å². The topological polar surface area (TPSA) is 66.0 Å². The number of thiazole rings is 1. The van der Waals surface area contributed by atoms with Crippen molar-refractivity contribution in [3.8, 4) is 5.75 Å². The Morgan fingerprint density at radius 1 is 1.59 bits per heavy atom. The molecule has 1 unspecified atom stereocenters. The van der Waals surface area contributed by atoms with Crippen LogP contribution in [-0.2, 0) is 6.54 Å². The maximum atomic E-state index is 6.22. The molecule has 5 nitrogen and oxygen atoms in total. The number of aryl methyl sites for hydroxylation is 1. The van der Waals surface area contributed by atoms with Crippen molar-refractivity contribution in [3.63, 3.8) is 0 Å². The smallest absolute Gasteiger partial charge is 0.161 e. The predicted octanol–water partition coefficient (Wildman–Crippen LogP) is 1.81. The Balaban J connectivity index is 2.38. The fourth-order valence-electron chi connectivity index (χ4n) is 1.75. The van der Waals surface area contributed by atoms with E-state index in [9.17, 15) is 0 Å². The largest absolute Gasteiger partial charge is 0.493 e. The lowest BCUT2D eigenvalue weighted by molar-refractivity contribution is 0.403. The Bertz CT molecular complexity index is 466. The second-order valence-electron chi connectivity index (χ2n) is 3.71. The summed E-state index contributed by atoms with van der Waals surface area (Å²) in [6, 6.07) is -0.287. The quantitative estimate of drug-likeness (QED) is 0.881. The third kappa shape index (κ3) is 2.32. The van der Waals surface area contributed by atoms with Crippen LogP contribution in [0.15, 0.2) is 17.1 Å². The summed E-state index contributed by atoms with van der Waals surface area (Å²) in [6.45, 7) is 2.93. The summed E-state index contributed by atoms with van der Waals surface area (Å²) in [4.78, 5) is 4.25. The number of methoxy groups -OCH3 is 1. The Hall–Kier alpha value is -1.40. The molecule has 0 saturated heterocycles. The molecule has 0 bridgehead atoms. The Morgan fingerprint density at radius 2 is 2.41 bits per heavy atom. The van der Waals surface area contributed by atoms with Gasteiger partial charge in [-0.2, -0.15) is 5.10 Å². The normalized spacial score (nSPS) is 12.6. The van der Waals surface area contributed by atoms with Crippen LogP contribution in [0, 0.1) is 0 Å². The highest BCUT2D eigenvalue weighted by atomic mass is 32.1. The number of hydrogen-bond acceptors (Lipinski definition) is 5. The highest BCUT2D eigenvalue weighted by Crippen LogP contribution is 2.28. The minimum Gasteiger partial charge on any atom is -0.493 e. The maximum Gasteiger partial charge on any atom is 0.161 e. The van der Waals surface area contributed by atoms with Gasteiger partial charge in [0.15, 0.2) is 5.75 Å². The second kappa shape index (κ2) is 5.29. The van der Waals surface area contributed by atoms with Crippen molar-refractivity contribution in [1.29, 1.82) is 0 Å². The lowest BCUT2D eigenvalue weighted by Gasteiger charge is -2.13. The van der Waals surface area contributed by atoms with Crippen LogP contribution in [0.3, 0.4) is 0 Å². The second-order valence-corrected chi connectivity index (χ2v) is 4.43. The van der Waals surface area contributed by atoms with Gasteiger partial charge in [-0.05, 0) is 6.42 Å². The van der Waals surface area contributed by atoms with Crippen LogP contribution in [0.5, 0.6) is 5.75 Å². The monoisotopic (exact) mass is 252 g/mol. The lowest BCUT2D eigenvalue weighted by Crippen LogP contribution is -2.18. The van der Waals surface area contributed by atoms with Gasteiger partial charge in [-0.25, -0.2) is 4.98 Å². The average Bonchev–Trinajstić information content (AvgIpc) is 2.97. The molecule has 0 radical (unpaired) electrons. The van der Waals surface area contributed by atoms with E-state index < -0.39 is 0 Å². The van der Waals surface area contributed by atoms with Crippen molar-refractivity contribution >= 4 is 11.3 Å². The van der Waals surface area contributed by atoms with Crippen molar-refractivity contribution in [2.75, 3.05) is 7.11 Å². The van der Waals surface area contributed by atoms with Gasteiger partial charge >= 0.3 is 0 Å². The SMILES string of the molecule is CCCn1ncc(OC)c1C(N)c1cscn1. The van der Waals surface area contributed by atoms with Crippen molar-refractivity contribution in [1.82, 2.24) is 14.8 Å². The van der Waals surface area contributed by atoms with E-state index in [4.69, 9.17) is 10.5 Å². The Labute approximate surface area is 104 Å². The number of aromatic nitrogens is 3. The zero-order valence-corrected chi connectivity index (χ0v) is 10.8. The molecule has 0 aliphatic carbocycles. The molecule has 2 aromatic heterocycles. The van der Waals surface area contributed by atoms with Crippen LogP contribution >= 0.6 is 11.3 Å². The van der Waals surface area contributed by atoms with Crippen LogP contribution in [-0.4, -0.2) is 21.9 Å². The van der Waals surface area contributed by atoms with Crippen molar-refractivity contribution in [2.24, 2.45) is 5.73 Å². The third-order valence-electron chi connectivity index (χ3n) is 2.56. The average molecular weight is 252 g/mol. The van der Waals surface area contributed by atoms with Crippen LogP contribution in [0.2, 0.25) is 0 Å². The molecule has 2 N–H and O–H groups in total. The molecule has 2 aromatic rings. The van der Waals surface area contributed by atoms with Crippen molar-refractivity contribution < 1.29 is 4.74 Å². The van der Waals surface area contributed by atoms with Gasteiger partial charge in [0.25, 0.3) is 0 Å². The molecule has 1 atom stereocenters. The molecule has 0 aliphatic heterocycles. The molecule has 6 heteroatoms. The number of nitrogens with two attached hydrogens (primary N) is 1. The first kappa shape index (κ1) is 12.1. The van der Waals surface area contributed by atoms with E-state index in [1.165, 1.54) is 11.3 Å². The summed E-state index contributed by atoms with van der Waals surface area (Å²) in [5, 5.41) is 6.25. The van der Waals surface area contributed by atoms with Gasteiger partial charge in [-0.15, -0.1) is 11.3 Å². The third-order valence-corrected chi connectivity index (χ3v) is 3.17. The first-order valence-electron chi connectivity index (χ1n) is 5.51. The predicted molar refractivity (Wildman–Crippen MR) is 67.2 cm³/mol. The Kier molecular flexibility index (Phi) is 3.75. The minimum absolute atomic E-state index is 0.287. The standard InChI is InChI=1S/C11H16N4OS/c1-3-4-15-11(9(16-2)5-14-15)10(12)8-6-17-7-13-8/h5-7,10H,3-4,12H2,1-2H3. The number of hydrogen-bond donors (Lipinski definition) is 1. The molecule has 0 aromatic carbocycles. The zero-order valence-electron chi connectivity index (χ0n) is 9.96. The molecule has 0 aliphatic rings. The fraction of sp³-hybridized carbons (Fsp3) is 0.455. The van der Waals surface area contributed by atoms with Crippen LogP contribution in [0.4, 0.5) is 0 Å². The van der Waals surface area contributed by atoms with E-state index in [2.05, 4.69) is 17.0 Å². The van der Waals surface area contributed by atoms with Crippen LogP contribution in [0.1, 0.15) is 30.8 Å². The summed E-state index contributed by atoms with van der Waals surface area (Å²) in [6.07, 6.45) is 2.71. The van der Waals surface area contributed by atoms with Gasteiger partial charge in [0.2, 0.25) is 0 Å². The molecular weight excluding hydrogens is 236 g/mol. The van der Waals surface area contributed by atoms with E-state index >= 15 is 0 Å². The van der Waals surface area contributed by atoms with Crippen molar-refractivity contribution in [2.45, 2.75) is 25.9 Å². The maximum absolute atomic E-state index is 6.22. The molecule has 92 valence electrons. The summed E-state index contributed by atoms with van der Waals surface area (Å²) in [5.74, 6) is 0.721. The highest BCUT2D eigenvalue weighted by Gasteiger charge is 2.21. The molecular formula is C11H16N4OS. The fourth-order valence-corrected chi connectivity index (χ4v) is 2.34. The van der Waals surface area contributed by atoms with Gasteiger partial charge in [0.05, 0.1) is 30.6 Å². The van der Waals surface area contributed by atoms with E-state index in [1.807, 2.05) is 10.1 Å². The van der Waals surface area contributed by atoms with Gasteiger partial charge < -0.3 is 10.5 Å². The molecule has 0 fully saturated rings. The number of ether oxygens (including phenoxy) is 1.